The van der Waals surface area contributed by atoms with Crippen LogP contribution in [0, 0.1) is 11.3 Å². The fraction of sp³-hybridized carbons (Fsp3) is 0.400. The molecular formula is C25H30ClN7O4S. The molecule has 2 aromatic heterocycles. The second kappa shape index (κ2) is 11.6. The van der Waals surface area contributed by atoms with Crippen molar-refractivity contribution in [2.45, 2.75) is 48.1 Å². The van der Waals surface area contributed by atoms with Crippen LogP contribution in [0.2, 0.25) is 5.02 Å². The smallest absolute Gasteiger partial charge is 0.328 e. The molecule has 3 heterocycles. The second-order valence-corrected chi connectivity index (χ2v) is 11.0. The monoisotopic (exact) mass is 559 g/mol. The molecular weight excluding hydrogens is 530 g/mol. The first-order valence-electron chi connectivity index (χ1n) is 12.1. The average Bonchev–Trinajstić information content (AvgIpc) is 3.68. The van der Waals surface area contributed by atoms with E-state index in [0.717, 1.165) is 49.0 Å². The number of hydrogen-bond donors (Lipinski definition) is 5. The number of allylic oxidation sites excluding steroid dienone is 1. The highest BCUT2D eigenvalue weighted by Crippen LogP contribution is 2.51. The second-order valence-electron chi connectivity index (χ2n) is 9.55. The highest BCUT2D eigenvalue weighted by molar-refractivity contribution is 7.99. The molecule has 8 N–H and O–H groups in total. The summed E-state index contributed by atoms with van der Waals surface area (Å²) in [5.74, 6) is -0.262. The van der Waals surface area contributed by atoms with Gasteiger partial charge in [0, 0.05) is 42.4 Å². The lowest BCUT2D eigenvalue weighted by molar-refractivity contribution is -0.134. The number of hydrogen-bond acceptors (Lipinski definition) is 10. The van der Waals surface area contributed by atoms with Gasteiger partial charge in [-0.1, -0.05) is 35.0 Å². The molecule has 1 aliphatic heterocycles. The SMILES string of the molecule is Nc1nc(N2CCC3(CC=C(C4CC4)[C@H]3N)CC2)cnc1Sc1ccnc(N)c1Cl.O=C(O)/C=C/C(=O)O. The molecule has 2 aromatic rings. The Morgan fingerprint density at radius 3 is 2.34 bits per heavy atom. The van der Waals surface area contributed by atoms with Gasteiger partial charge in [0.1, 0.15) is 16.7 Å². The summed E-state index contributed by atoms with van der Waals surface area (Å²) >= 11 is 7.58. The highest BCUT2D eigenvalue weighted by Gasteiger charge is 2.47. The number of carboxylic acids is 2. The third kappa shape index (κ3) is 6.37. The summed E-state index contributed by atoms with van der Waals surface area (Å²) in [5.41, 5.74) is 20.4. The van der Waals surface area contributed by atoms with Crippen LogP contribution >= 0.6 is 23.4 Å². The van der Waals surface area contributed by atoms with Gasteiger partial charge in [-0.25, -0.2) is 24.5 Å². The van der Waals surface area contributed by atoms with E-state index in [1.54, 1.807) is 18.5 Å². The molecule has 1 atom stereocenters. The van der Waals surface area contributed by atoms with Gasteiger partial charge in [-0.3, -0.25) is 0 Å². The zero-order valence-corrected chi connectivity index (χ0v) is 22.2. The predicted molar refractivity (Wildman–Crippen MR) is 146 cm³/mol. The minimum atomic E-state index is -1.26. The van der Waals surface area contributed by atoms with Crippen molar-refractivity contribution in [3.8, 4) is 0 Å². The van der Waals surface area contributed by atoms with Crippen LogP contribution in [0.4, 0.5) is 17.5 Å². The molecule has 38 heavy (non-hydrogen) atoms. The number of nitrogens with zero attached hydrogens (tertiary/aromatic N) is 4. The molecule has 0 bridgehead atoms. The molecule has 13 heteroatoms. The first kappa shape index (κ1) is 27.7. The molecule has 0 unspecified atom stereocenters. The predicted octanol–water partition coefficient (Wildman–Crippen LogP) is 3.21. The number of anilines is 3. The number of carbonyl (C=O) groups is 2. The van der Waals surface area contributed by atoms with Gasteiger partial charge in [-0.15, -0.1) is 0 Å². The Balaban J connectivity index is 0.000000368. The first-order chi connectivity index (χ1) is 18.1. The maximum absolute atomic E-state index is 9.55. The first-order valence-corrected chi connectivity index (χ1v) is 13.3. The lowest BCUT2D eigenvalue weighted by atomic mass is 9.72. The van der Waals surface area contributed by atoms with Crippen LogP contribution in [0.3, 0.4) is 0 Å². The van der Waals surface area contributed by atoms with E-state index < -0.39 is 11.9 Å². The van der Waals surface area contributed by atoms with Gasteiger partial charge < -0.3 is 32.3 Å². The number of pyridine rings is 1. The summed E-state index contributed by atoms with van der Waals surface area (Å²) < 4.78 is 0. The Morgan fingerprint density at radius 2 is 1.76 bits per heavy atom. The Morgan fingerprint density at radius 1 is 1.11 bits per heavy atom. The number of nitrogen functional groups attached to an aromatic ring is 2. The van der Waals surface area contributed by atoms with Gasteiger partial charge in [0.05, 0.1) is 11.2 Å². The zero-order valence-electron chi connectivity index (χ0n) is 20.6. The number of halogens is 1. The number of carboxylic acid groups (broad SMARTS) is 2. The molecule has 0 radical (unpaired) electrons. The third-order valence-corrected chi connectivity index (χ3v) is 8.68. The Hall–Kier alpha value is -3.35. The van der Waals surface area contributed by atoms with Crippen molar-refractivity contribution in [1.29, 1.82) is 0 Å². The quantitative estimate of drug-likeness (QED) is 0.256. The van der Waals surface area contributed by atoms with Crippen molar-refractivity contribution in [2.24, 2.45) is 17.1 Å². The van der Waals surface area contributed by atoms with Crippen molar-refractivity contribution in [3.05, 3.63) is 47.3 Å². The van der Waals surface area contributed by atoms with Gasteiger partial charge in [0.25, 0.3) is 0 Å². The number of aliphatic carboxylic acids is 2. The van der Waals surface area contributed by atoms with E-state index in [1.807, 2.05) is 0 Å². The van der Waals surface area contributed by atoms with Gasteiger partial charge in [-0.05, 0) is 49.5 Å². The molecule has 0 amide bonds. The maximum atomic E-state index is 9.55. The van der Waals surface area contributed by atoms with E-state index in [2.05, 4.69) is 25.9 Å². The summed E-state index contributed by atoms with van der Waals surface area (Å²) in [5, 5.41) is 16.6. The Labute approximate surface area is 229 Å². The minimum Gasteiger partial charge on any atom is -0.478 e. The fourth-order valence-electron chi connectivity index (χ4n) is 4.84. The molecule has 11 nitrogen and oxygen atoms in total. The van der Waals surface area contributed by atoms with E-state index in [0.29, 0.717) is 28.0 Å². The van der Waals surface area contributed by atoms with Crippen LogP contribution in [0.25, 0.3) is 0 Å². The summed E-state index contributed by atoms with van der Waals surface area (Å²) in [6, 6.07) is 2.01. The number of rotatable bonds is 6. The van der Waals surface area contributed by atoms with Crippen LogP contribution in [-0.4, -0.2) is 56.2 Å². The van der Waals surface area contributed by atoms with Crippen LogP contribution < -0.4 is 22.1 Å². The van der Waals surface area contributed by atoms with Crippen LogP contribution in [0.15, 0.2) is 52.2 Å². The number of aromatic nitrogens is 3. The fourth-order valence-corrected chi connectivity index (χ4v) is 5.86. The van der Waals surface area contributed by atoms with Crippen LogP contribution in [-0.2, 0) is 9.59 Å². The van der Waals surface area contributed by atoms with Crippen molar-refractivity contribution < 1.29 is 19.8 Å². The molecule has 1 saturated carbocycles. The van der Waals surface area contributed by atoms with Gasteiger partial charge >= 0.3 is 11.9 Å². The van der Waals surface area contributed by atoms with Crippen LogP contribution in [0.5, 0.6) is 0 Å². The van der Waals surface area contributed by atoms with E-state index >= 15 is 0 Å². The maximum Gasteiger partial charge on any atom is 0.328 e. The molecule has 1 spiro atoms. The van der Waals surface area contributed by atoms with E-state index in [4.69, 9.17) is 39.0 Å². The van der Waals surface area contributed by atoms with Gasteiger partial charge in [0.15, 0.2) is 5.82 Å². The largest absolute Gasteiger partial charge is 0.478 e. The Bertz CT molecular complexity index is 1260. The summed E-state index contributed by atoms with van der Waals surface area (Å²) in [6.45, 7) is 1.85. The third-order valence-electron chi connectivity index (χ3n) is 7.10. The molecule has 1 saturated heterocycles. The molecule has 3 aliphatic rings. The average molecular weight is 560 g/mol. The van der Waals surface area contributed by atoms with Crippen molar-refractivity contribution >= 4 is 52.8 Å². The minimum absolute atomic E-state index is 0.222. The summed E-state index contributed by atoms with van der Waals surface area (Å²) in [6.07, 6.45) is 12.8. The Kier molecular flexibility index (Phi) is 8.44. The molecule has 5 rings (SSSR count). The number of nitrogens with two attached hydrogens (primary N) is 3. The normalized spacial score (nSPS) is 20.2. The lowest BCUT2D eigenvalue weighted by Gasteiger charge is -2.43. The molecule has 2 fully saturated rings. The summed E-state index contributed by atoms with van der Waals surface area (Å²) in [4.78, 5) is 35.3. The molecule has 202 valence electrons. The van der Waals surface area contributed by atoms with Crippen molar-refractivity contribution in [3.63, 3.8) is 0 Å². The standard InChI is InChI=1S/C21H26ClN7S.C4H4O4/c22-16-14(4-8-26-18(16)24)30-20-19(25)28-15(11-27-20)29-9-6-21(7-10-29)5-3-13(17(21)23)12-1-2-12;5-3(6)1-2-4(7)8/h3-4,8,11-12,17H,1-2,5-7,9-10,23H2,(H2,24,26)(H2,25,28);1-2H,(H,5,6)(H,7,8)/b;2-1+/t17-;/m1./s1. The number of piperidine rings is 1. The topological polar surface area (TPSA) is 195 Å². The van der Waals surface area contributed by atoms with E-state index in [9.17, 15) is 9.59 Å². The zero-order chi connectivity index (χ0) is 27.4. The summed E-state index contributed by atoms with van der Waals surface area (Å²) in [7, 11) is 0. The van der Waals surface area contributed by atoms with E-state index in [1.165, 1.54) is 30.2 Å². The lowest BCUT2D eigenvalue weighted by Crippen LogP contribution is -2.48. The molecule has 2 aliphatic carbocycles. The van der Waals surface area contributed by atoms with Crippen molar-refractivity contribution in [1.82, 2.24) is 15.0 Å². The van der Waals surface area contributed by atoms with Gasteiger partial charge in [-0.2, -0.15) is 0 Å². The highest BCUT2D eigenvalue weighted by atomic mass is 35.5. The van der Waals surface area contributed by atoms with Crippen molar-refractivity contribution in [2.75, 3.05) is 29.5 Å². The van der Waals surface area contributed by atoms with Crippen LogP contribution in [0.1, 0.15) is 32.1 Å². The van der Waals surface area contributed by atoms with Gasteiger partial charge in [0.2, 0.25) is 0 Å². The molecule has 0 aromatic carbocycles. The van der Waals surface area contributed by atoms with E-state index in [-0.39, 0.29) is 17.3 Å².